The summed E-state index contributed by atoms with van der Waals surface area (Å²) in [6.45, 7) is 18.5. The van der Waals surface area contributed by atoms with Gasteiger partial charge in [-0.25, -0.2) is 4.79 Å². The SMILES string of the molecule is C=C/C=C\[C@H](C)C(OC(N)=O)[C@@H](C)C(O)[C@@H](C)C/C(C)=C\[C@H](C)[C@@H](O)[C@@H](C)/C=C\[C@@H](O)C[C@@H]1OC(=O)[C@H](C)[C@@H](O)[C@H]1C. The standard InChI is InChI=1S/C33H55NO8/c1-10-11-12-20(4)31(42-33(34)40)24(8)29(37)22(6)16-18(2)15-21(5)28(36)19(3)13-14-26(35)17-27-23(7)30(38)25(9)32(39)41-27/h10-15,19-31,35-38H,1,16-17H2,2-9H3,(H2,34,40)/b12-11-,14-13-,18-15-/t19-,20-,21-,22-,23-,24-,25+,26+,27-,28-,29?,30-,31?/m0/s1. The van der Waals surface area contributed by atoms with E-state index in [0.717, 1.165) is 5.57 Å². The Morgan fingerprint density at radius 3 is 2.21 bits per heavy atom. The summed E-state index contributed by atoms with van der Waals surface area (Å²) >= 11 is 0. The molecule has 0 spiro atoms. The van der Waals surface area contributed by atoms with Crippen molar-refractivity contribution < 1.29 is 39.5 Å². The quantitative estimate of drug-likeness (QED) is 0.101. The van der Waals surface area contributed by atoms with E-state index in [1.54, 1.807) is 38.2 Å². The van der Waals surface area contributed by atoms with Crippen LogP contribution in [-0.2, 0) is 14.3 Å². The molecule has 0 aromatic carbocycles. The van der Waals surface area contributed by atoms with Crippen molar-refractivity contribution >= 4 is 12.1 Å². The molecule has 6 N–H and O–H groups in total. The number of allylic oxidation sites excluding steroid dienone is 3. The Kier molecular flexibility index (Phi) is 15.7. The van der Waals surface area contributed by atoms with Crippen LogP contribution in [0, 0.1) is 41.4 Å². The summed E-state index contributed by atoms with van der Waals surface area (Å²) in [5.74, 6) is -2.52. The fourth-order valence-corrected chi connectivity index (χ4v) is 5.80. The minimum atomic E-state index is -0.894. The summed E-state index contributed by atoms with van der Waals surface area (Å²) in [5.41, 5.74) is 6.30. The Labute approximate surface area is 252 Å². The van der Waals surface area contributed by atoms with Crippen LogP contribution in [0.5, 0.6) is 0 Å². The summed E-state index contributed by atoms with van der Waals surface area (Å²) in [5, 5.41) is 42.8. The molecule has 13 atom stereocenters. The van der Waals surface area contributed by atoms with E-state index in [1.165, 1.54) is 0 Å². The second kappa shape index (κ2) is 17.6. The van der Waals surface area contributed by atoms with Crippen LogP contribution >= 0.6 is 0 Å². The summed E-state index contributed by atoms with van der Waals surface area (Å²) in [6.07, 6.45) is 6.04. The molecule has 1 rings (SSSR count). The largest absolute Gasteiger partial charge is 0.462 e. The highest BCUT2D eigenvalue weighted by Crippen LogP contribution is 2.30. The van der Waals surface area contributed by atoms with Crippen LogP contribution in [0.4, 0.5) is 4.79 Å². The Morgan fingerprint density at radius 2 is 1.64 bits per heavy atom. The number of aliphatic hydroxyl groups excluding tert-OH is 4. The van der Waals surface area contributed by atoms with Crippen molar-refractivity contribution in [2.45, 2.75) is 105 Å². The maximum Gasteiger partial charge on any atom is 0.404 e. The number of ether oxygens (including phenoxy) is 2. The molecule has 1 heterocycles. The second-order valence-electron chi connectivity index (χ2n) is 12.4. The Morgan fingerprint density at radius 1 is 1.02 bits per heavy atom. The van der Waals surface area contributed by atoms with Crippen molar-refractivity contribution in [3.8, 4) is 0 Å². The molecule has 0 saturated carbocycles. The molecular formula is C33H55NO8. The molecule has 42 heavy (non-hydrogen) atoms. The number of amides is 1. The van der Waals surface area contributed by atoms with Crippen LogP contribution in [-0.4, -0.2) is 69.1 Å². The van der Waals surface area contributed by atoms with E-state index in [0.29, 0.717) is 6.42 Å². The molecule has 0 aromatic rings. The van der Waals surface area contributed by atoms with Gasteiger partial charge in [-0.05, 0) is 26.2 Å². The molecule has 1 saturated heterocycles. The van der Waals surface area contributed by atoms with Crippen LogP contribution in [0.25, 0.3) is 0 Å². The molecular weight excluding hydrogens is 538 g/mol. The van der Waals surface area contributed by atoms with Crippen molar-refractivity contribution in [2.24, 2.45) is 47.2 Å². The van der Waals surface area contributed by atoms with E-state index >= 15 is 0 Å². The molecule has 1 aliphatic rings. The molecule has 9 nitrogen and oxygen atoms in total. The number of rotatable bonds is 16. The summed E-state index contributed by atoms with van der Waals surface area (Å²) in [6, 6.07) is 0. The van der Waals surface area contributed by atoms with Gasteiger partial charge < -0.3 is 35.6 Å². The average molecular weight is 594 g/mol. The van der Waals surface area contributed by atoms with Gasteiger partial charge in [-0.1, -0.05) is 90.2 Å². The monoisotopic (exact) mass is 593 g/mol. The zero-order chi connectivity index (χ0) is 32.3. The predicted molar refractivity (Wildman–Crippen MR) is 164 cm³/mol. The van der Waals surface area contributed by atoms with Gasteiger partial charge in [-0.3, -0.25) is 4.79 Å². The van der Waals surface area contributed by atoms with E-state index in [1.807, 2.05) is 53.7 Å². The first-order valence-corrected chi connectivity index (χ1v) is 15.0. The third-order valence-electron chi connectivity index (χ3n) is 8.62. The Bertz CT molecular complexity index is 962. The van der Waals surface area contributed by atoms with Gasteiger partial charge in [0, 0.05) is 36.0 Å². The van der Waals surface area contributed by atoms with Gasteiger partial charge in [0.05, 0.1) is 30.3 Å². The molecule has 1 aliphatic heterocycles. The minimum absolute atomic E-state index is 0.152. The summed E-state index contributed by atoms with van der Waals surface area (Å²) in [7, 11) is 0. The number of carbonyl (C=O) groups is 2. The van der Waals surface area contributed by atoms with Gasteiger partial charge in [-0.2, -0.15) is 0 Å². The average Bonchev–Trinajstić information content (AvgIpc) is 2.93. The number of nitrogens with two attached hydrogens (primary N) is 1. The zero-order valence-electron chi connectivity index (χ0n) is 26.6. The van der Waals surface area contributed by atoms with Gasteiger partial charge >= 0.3 is 12.1 Å². The molecule has 2 unspecified atom stereocenters. The van der Waals surface area contributed by atoms with E-state index in [-0.39, 0.29) is 41.9 Å². The van der Waals surface area contributed by atoms with Crippen LogP contribution in [0.15, 0.2) is 48.6 Å². The van der Waals surface area contributed by atoms with Crippen molar-refractivity contribution in [3.05, 3.63) is 48.6 Å². The van der Waals surface area contributed by atoms with Crippen LogP contribution in [0.1, 0.15) is 68.2 Å². The number of aliphatic hydroxyl groups is 4. The van der Waals surface area contributed by atoms with E-state index in [4.69, 9.17) is 15.2 Å². The van der Waals surface area contributed by atoms with Crippen molar-refractivity contribution in [2.75, 3.05) is 0 Å². The summed E-state index contributed by atoms with van der Waals surface area (Å²) in [4.78, 5) is 23.5. The fourth-order valence-electron chi connectivity index (χ4n) is 5.80. The molecule has 0 aliphatic carbocycles. The highest BCUT2D eigenvalue weighted by molar-refractivity contribution is 5.73. The molecule has 0 bridgehead atoms. The Hall–Kier alpha value is -2.46. The number of carbonyl (C=O) groups excluding carboxylic acids is 2. The maximum absolute atomic E-state index is 12.0. The number of primary amides is 1. The normalized spacial score (nSPS) is 28.3. The van der Waals surface area contributed by atoms with Crippen molar-refractivity contribution in [1.82, 2.24) is 0 Å². The first-order chi connectivity index (χ1) is 19.5. The highest BCUT2D eigenvalue weighted by atomic mass is 16.6. The highest BCUT2D eigenvalue weighted by Gasteiger charge is 2.41. The minimum Gasteiger partial charge on any atom is -0.462 e. The summed E-state index contributed by atoms with van der Waals surface area (Å²) < 4.78 is 10.8. The van der Waals surface area contributed by atoms with Gasteiger partial charge in [0.25, 0.3) is 0 Å². The predicted octanol–water partition coefficient (Wildman–Crippen LogP) is 4.30. The second-order valence-corrected chi connectivity index (χ2v) is 12.4. The smallest absolute Gasteiger partial charge is 0.404 e. The molecule has 0 radical (unpaired) electrons. The molecule has 1 fully saturated rings. The van der Waals surface area contributed by atoms with E-state index < -0.39 is 54.6 Å². The fraction of sp³-hybridized carbons (Fsp3) is 0.697. The maximum atomic E-state index is 12.0. The van der Waals surface area contributed by atoms with E-state index in [9.17, 15) is 30.0 Å². The van der Waals surface area contributed by atoms with Gasteiger partial charge in [0.2, 0.25) is 0 Å². The van der Waals surface area contributed by atoms with Gasteiger partial charge in [0.15, 0.2) is 0 Å². The lowest BCUT2D eigenvalue weighted by Gasteiger charge is -2.36. The lowest BCUT2D eigenvalue weighted by Crippen LogP contribution is -2.47. The first-order valence-electron chi connectivity index (χ1n) is 15.0. The number of esters is 1. The topological polar surface area (TPSA) is 160 Å². The molecule has 0 aromatic heterocycles. The zero-order valence-corrected chi connectivity index (χ0v) is 26.6. The van der Waals surface area contributed by atoms with Crippen LogP contribution < -0.4 is 5.73 Å². The first kappa shape index (κ1) is 37.6. The molecule has 240 valence electrons. The number of hydrogen-bond acceptors (Lipinski definition) is 8. The van der Waals surface area contributed by atoms with Gasteiger partial charge in [-0.15, -0.1) is 0 Å². The van der Waals surface area contributed by atoms with Crippen molar-refractivity contribution in [1.29, 1.82) is 0 Å². The lowest BCUT2D eigenvalue weighted by atomic mass is 9.81. The third kappa shape index (κ3) is 11.3. The Balaban J connectivity index is 2.76. The van der Waals surface area contributed by atoms with E-state index in [2.05, 4.69) is 6.58 Å². The number of hydrogen-bond donors (Lipinski definition) is 5. The molecule has 1 amide bonds. The van der Waals surface area contributed by atoms with Crippen molar-refractivity contribution in [3.63, 3.8) is 0 Å². The van der Waals surface area contributed by atoms with Crippen LogP contribution in [0.3, 0.4) is 0 Å². The third-order valence-corrected chi connectivity index (χ3v) is 8.62. The van der Waals surface area contributed by atoms with Crippen LogP contribution in [0.2, 0.25) is 0 Å². The number of cyclic esters (lactones) is 1. The van der Waals surface area contributed by atoms with Gasteiger partial charge in [0.1, 0.15) is 12.2 Å². The molecule has 9 heteroatoms. The lowest BCUT2D eigenvalue weighted by molar-refractivity contribution is -0.179.